The van der Waals surface area contributed by atoms with Gasteiger partial charge in [0.1, 0.15) is 6.33 Å². The standard InChI is InChI=1S/C66H43BN4/c1-5-17-44(18-6-1)52-31-53(45-19-7-2-8-20-45)34-57(33-52)70-62-39-50-27-15-13-25-48(50)37-59(62)67-60-38-49-26-14-16-28-51(49)40-63(60)71(65-42-56(41-64(70)66(65)67)61-29-30-68-43-69-61)58-35-54(46-21-9-3-10-22-46)32-55(36-58)47-23-11-4-12-24-47/h1-43H. The lowest BCUT2D eigenvalue weighted by Crippen LogP contribution is -2.61. The lowest BCUT2D eigenvalue weighted by Gasteiger charge is -2.45. The van der Waals surface area contributed by atoms with Crippen LogP contribution in [0.15, 0.2) is 261 Å². The monoisotopic (exact) mass is 902 g/mol. The van der Waals surface area contributed by atoms with Gasteiger partial charge in [0, 0.05) is 45.9 Å². The second-order valence-electron chi connectivity index (χ2n) is 18.6. The number of hydrogen-bond acceptors (Lipinski definition) is 4. The minimum absolute atomic E-state index is 0.108. The van der Waals surface area contributed by atoms with Crippen molar-refractivity contribution in [3.63, 3.8) is 0 Å². The van der Waals surface area contributed by atoms with Gasteiger partial charge in [0.25, 0.3) is 6.71 Å². The van der Waals surface area contributed by atoms with Crippen LogP contribution in [0.2, 0.25) is 0 Å². The van der Waals surface area contributed by atoms with Crippen molar-refractivity contribution in [2.24, 2.45) is 0 Å². The Morgan fingerprint density at radius 2 is 0.662 bits per heavy atom. The molecule has 0 fully saturated rings. The minimum atomic E-state index is -0.108. The fourth-order valence-corrected chi connectivity index (χ4v) is 11.2. The lowest BCUT2D eigenvalue weighted by molar-refractivity contribution is 1.17. The number of hydrogen-bond donors (Lipinski definition) is 0. The normalized spacial score (nSPS) is 12.4. The predicted molar refractivity (Wildman–Crippen MR) is 298 cm³/mol. The van der Waals surface area contributed by atoms with E-state index < -0.39 is 0 Å². The molecule has 0 atom stereocenters. The van der Waals surface area contributed by atoms with Crippen LogP contribution < -0.4 is 26.2 Å². The summed E-state index contributed by atoms with van der Waals surface area (Å²) >= 11 is 0. The molecule has 4 nitrogen and oxygen atoms in total. The topological polar surface area (TPSA) is 32.3 Å². The number of aromatic nitrogens is 2. The van der Waals surface area contributed by atoms with Crippen LogP contribution in [-0.2, 0) is 0 Å². The van der Waals surface area contributed by atoms with E-state index in [9.17, 15) is 0 Å². The van der Waals surface area contributed by atoms with Crippen molar-refractivity contribution in [3.8, 4) is 55.8 Å². The molecule has 71 heavy (non-hydrogen) atoms. The predicted octanol–water partition coefficient (Wildman–Crippen LogP) is 15.2. The highest BCUT2D eigenvalue weighted by Gasteiger charge is 2.44. The summed E-state index contributed by atoms with van der Waals surface area (Å²) in [5, 5.41) is 4.81. The summed E-state index contributed by atoms with van der Waals surface area (Å²) in [7, 11) is 0. The van der Waals surface area contributed by atoms with E-state index in [2.05, 4.69) is 257 Å². The van der Waals surface area contributed by atoms with Crippen LogP contribution in [0.3, 0.4) is 0 Å². The lowest BCUT2D eigenvalue weighted by atomic mass is 9.33. The van der Waals surface area contributed by atoms with Crippen LogP contribution in [0.4, 0.5) is 34.1 Å². The molecule has 5 heteroatoms. The van der Waals surface area contributed by atoms with Gasteiger partial charge in [0.15, 0.2) is 0 Å². The zero-order chi connectivity index (χ0) is 46.8. The van der Waals surface area contributed by atoms with Gasteiger partial charge < -0.3 is 9.80 Å². The summed E-state index contributed by atoms with van der Waals surface area (Å²) in [5.74, 6) is 0. The van der Waals surface area contributed by atoms with E-state index in [4.69, 9.17) is 4.98 Å². The average molecular weight is 903 g/mol. The summed E-state index contributed by atoms with van der Waals surface area (Å²) in [4.78, 5) is 14.4. The molecule has 14 rings (SSSR count). The Kier molecular flexibility index (Phi) is 9.59. The SMILES string of the molecule is c1ccc(-c2cc(-c3ccccc3)cc(N3c4cc5ccccc5cc4B4c5cc6ccccc6cc5N(c5cc(-c6ccccc6)cc(-c6ccccc6)c5)c5cc(-c6ccncn6)cc3c54)c2)cc1. The maximum atomic E-state index is 4.94. The number of anilines is 6. The van der Waals surface area contributed by atoms with Crippen molar-refractivity contribution < 1.29 is 0 Å². The molecule has 12 aromatic rings. The molecule has 11 aromatic carbocycles. The fraction of sp³-hybridized carbons (Fsp3) is 0. The average Bonchev–Trinajstić information content (AvgIpc) is 3.45. The van der Waals surface area contributed by atoms with Crippen molar-refractivity contribution in [1.82, 2.24) is 9.97 Å². The molecule has 0 amide bonds. The first-order chi connectivity index (χ1) is 35.2. The van der Waals surface area contributed by atoms with Gasteiger partial charge in [-0.1, -0.05) is 182 Å². The third kappa shape index (κ3) is 7.01. The molecule has 0 saturated carbocycles. The first-order valence-electron chi connectivity index (χ1n) is 24.3. The minimum Gasteiger partial charge on any atom is -0.311 e. The van der Waals surface area contributed by atoms with Gasteiger partial charge in [-0.3, -0.25) is 0 Å². The van der Waals surface area contributed by atoms with E-state index in [0.717, 1.165) is 89.9 Å². The molecule has 0 saturated heterocycles. The van der Waals surface area contributed by atoms with Gasteiger partial charge >= 0.3 is 0 Å². The molecule has 0 bridgehead atoms. The zero-order valence-electron chi connectivity index (χ0n) is 38.7. The van der Waals surface area contributed by atoms with Crippen molar-refractivity contribution in [2.75, 3.05) is 9.80 Å². The van der Waals surface area contributed by atoms with Crippen molar-refractivity contribution >= 4 is 78.8 Å². The zero-order valence-corrected chi connectivity index (χ0v) is 38.7. The highest BCUT2D eigenvalue weighted by Crippen LogP contribution is 2.49. The molecule has 0 unspecified atom stereocenters. The second kappa shape index (κ2) is 16.7. The largest absolute Gasteiger partial charge is 0.311 e. The van der Waals surface area contributed by atoms with E-state index in [-0.39, 0.29) is 6.71 Å². The van der Waals surface area contributed by atoms with E-state index >= 15 is 0 Å². The maximum Gasteiger partial charge on any atom is 0.252 e. The molecule has 3 heterocycles. The van der Waals surface area contributed by atoms with Gasteiger partial charge in [0.05, 0.1) is 5.69 Å². The number of rotatable bonds is 7. The Hall–Kier alpha value is -9.32. The van der Waals surface area contributed by atoms with E-state index in [0.29, 0.717) is 0 Å². The van der Waals surface area contributed by atoms with Gasteiger partial charge in [-0.05, 0) is 149 Å². The first kappa shape index (κ1) is 40.7. The molecule has 0 spiro atoms. The highest BCUT2D eigenvalue weighted by atomic mass is 15.2. The Bertz CT molecular complexity index is 3640. The summed E-state index contributed by atoms with van der Waals surface area (Å²) in [6, 6.07) is 91.5. The Morgan fingerprint density at radius 1 is 0.296 bits per heavy atom. The van der Waals surface area contributed by atoms with Crippen LogP contribution in [0.5, 0.6) is 0 Å². The third-order valence-electron chi connectivity index (χ3n) is 14.5. The van der Waals surface area contributed by atoms with E-state index in [1.54, 1.807) is 6.33 Å². The Balaban J connectivity index is 1.13. The first-order valence-corrected chi connectivity index (χ1v) is 24.3. The molecule has 0 aliphatic carbocycles. The van der Waals surface area contributed by atoms with Crippen molar-refractivity contribution in [3.05, 3.63) is 261 Å². The van der Waals surface area contributed by atoms with Crippen LogP contribution in [0, 0.1) is 0 Å². The summed E-state index contributed by atoms with van der Waals surface area (Å²) in [6.45, 7) is -0.108. The molecule has 0 radical (unpaired) electrons. The van der Waals surface area contributed by atoms with Gasteiger partial charge in [-0.25, -0.2) is 9.97 Å². The summed E-state index contributed by atoms with van der Waals surface area (Å²) in [6.07, 6.45) is 3.51. The molecule has 2 aliphatic rings. The van der Waals surface area contributed by atoms with Gasteiger partial charge in [-0.2, -0.15) is 0 Å². The van der Waals surface area contributed by atoms with E-state index in [1.165, 1.54) is 37.9 Å². The molecular weight excluding hydrogens is 860 g/mol. The second-order valence-corrected chi connectivity index (χ2v) is 18.6. The van der Waals surface area contributed by atoms with Crippen molar-refractivity contribution in [2.45, 2.75) is 0 Å². The summed E-state index contributed by atoms with van der Waals surface area (Å²) in [5.41, 5.74) is 21.6. The Labute approximate surface area is 413 Å². The molecule has 330 valence electrons. The molecule has 2 aliphatic heterocycles. The Morgan fingerprint density at radius 3 is 1.03 bits per heavy atom. The number of nitrogens with zero attached hydrogens (tertiary/aromatic N) is 4. The fourth-order valence-electron chi connectivity index (χ4n) is 11.2. The van der Waals surface area contributed by atoms with Gasteiger partial charge in [-0.15, -0.1) is 0 Å². The van der Waals surface area contributed by atoms with Gasteiger partial charge in [0.2, 0.25) is 0 Å². The smallest absolute Gasteiger partial charge is 0.252 e. The van der Waals surface area contributed by atoms with Crippen LogP contribution in [0.25, 0.3) is 77.3 Å². The van der Waals surface area contributed by atoms with Crippen LogP contribution in [0.1, 0.15) is 0 Å². The molecular formula is C66H43BN4. The number of benzene rings is 11. The quantitative estimate of drug-likeness (QED) is 0.149. The third-order valence-corrected chi connectivity index (χ3v) is 14.5. The maximum absolute atomic E-state index is 4.94. The summed E-state index contributed by atoms with van der Waals surface area (Å²) < 4.78 is 0. The van der Waals surface area contributed by atoms with Crippen molar-refractivity contribution in [1.29, 1.82) is 0 Å². The van der Waals surface area contributed by atoms with Crippen LogP contribution >= 0.6 is 0 Å². The molecule has 0 N–H and O–H groups in total. The molecule has 1 aromatic heterocycles. The van der Waals surface area contributed by atoms with E-state index in [1.807, 2.05) is 12.3 Å². The van der Waals surface area contributed by atoms with Crippen LogP contribution in [-0.4, -0.2) is 16.7 Å². The number of fused-ring (bicyclic) bond motifs is 6. The highest BCUT2D eigenvalue weighted by molar-refractivity contribution is 7.00.